The maximum absolute atomic E-state index is 13.0. The summed E-state index contributed by atoms with van der Waals surface area (Å²) in [6.07, 6.45) is -4.38. The number of carboxylic acids is 1. The van der Waals surface area contributed by atoms with Gasteiger partial charge in [-0.1, -0.05) is 24.3 Å². The maximum Gasteiger partial charge on any atom is 0.416 e. The lowest BCUT2D eigenvalue weighted by Crippen LogP contribution is -2.27. The van der Waals surface area contributed by atoms with Crippen LogP contribution < -0.4 is 9.54 Å². The first-order valence-corrected chi connectivity index (χ1v) is 10.2. The molecule has 0 aliphatic heterocycles. The van der Waals surface area contributed by atoms with Gasteiger partial charge in [0.05, 0.1) is 22.4 Å². The van der Waals surface area contributed by atoms with Gasteiger partial charge in [-0.3, -0.25) is 4.79 Å². The first-order valence-electron chi connectivity index (χ1n) is 9.42. The summed E-state index contributed by atoms with van der Waals surface area (Å²) in [5.41, 5.74) is -0.661. The molecule has 10 heteroatoms. The molecule has 1 heterocycles. The van der Waals surface area contributed by atoms with Crippen LogP contribution in [0.1, 0.15) is 42.2 Å². The summed E-state index contributed by atoms with van der Waals surface area (Å²) in [4.78, 5) is 28.5. The van der Waals surface area contributed by atoms with Crippen LogP contribution in [0.2, 0.25) is 0 Å². The molecule has 0 aliphatic carbocycles. The molecule has 1 amide bonds. The van der Waals surface area contributed by atoms with Crippen molar-refractivity contribution in [2.45, 2.75) is 32.5 Å². The minimum atomic E-state index is -4.60. The molecule has 3 rings (SSSR count). The third-order valence-electron chi connectivity index (χ3n) is 4.53. The summed E-state index contributed by atoms with van der Waals surface area (Å²) in [5.74, 6) is -1.43. The lowest BCUT2D eigenvalue weighted by molar-refractivity contribution is -0.141. The van der Waals surface area contributed by atoms with Crippen molar-refractivity contribution >= 4 is 33.4 Å². The summed E-state index contributed by atoms with van der Waals surface area (Å²) in [6, 6.07) is 8.03. The van der Waals surface area contributed by atoms with Crippen LogP contribution in [0.25, 0.3) is 10.2 Å². The van der Waals surface area contributed by atoms with E-state index in [4.69, 9.17) is 4.74 Å². The average Bonchev–Trinajstić information content (AvgIpc) is 3.05. The molecule has 2 aromatic carbocycles. The zero-order valence-corrected chi connectivity index (χ0v) is 17.5. The largest absolute Gasteiger partial charge is 0.494 e. The second kappa shape index (κ2) is 8.93. The maximum atomic E-state index is 13.0. The molecule has 0 bridgehead atoms. The van der Waals surface area contributed by atoms with Crippen molar-refractivity contribution < 1.29 is 32.6 Å². The van der Waals surface area contributed by atoms with Gasteiger partial charge in [0.2, 0.25) is 0 Å². The second-order valence-corrected chi connectivity index (χ2v) is 7.58. The molecule has 0 spiro atoms. The SMILES string of the molecule is CCOc1ccc2c(c1)s/c(=N\C(=O)c1cccc(C(F)(F)F)c1)n2C(CC)C(=O)O. The van der Waals surface area contributed by atoms with Gasteiger partial charge in [0.1, 0.15) is 11.8 Å². The van der Waals surface area contributed by atoms with E-state index < -0.39 is 29.7 Å². The monoisotopic (exact) mass is 452 g/mol. The number of rotatable bonds is 6. The highest BCUT2D eigenvalue weighted by Gasteiger charge is 2.31. The number of ether oxygens (including phenoxy) is 1. The van der Waals surface area contributed by atoms with E-state index in [0.717, 1.165) is 29.5 Å². The molecule has 0 aliphatic rings. The Bertz CT molecular complexity index is 1200. The van der Waals surface area contributed by atoms with Crippen molar-refractivity contribution in [1.82, 2.24) is 4.57 Å². The Hall–Kier alpha value is -3.14. The number of carboxylic acid groups (broad SMARTS) is 1. The molecule has 1 atom stereocenters. The molecule has 164 valence electrons. The highest BCUT2D eigenvalue weighted by atomic mass is 32.1. The predicted molar refractivity (Wildman–Crippen MR) is 109 cm³/mol. The van der Waals surface area contributed by atoms with Gasteiger partial charge in [-0.05, 0) is 49.7 Å². The van der Waals surface area contributed by atoms with Gasteiger partial charge in [0, 0.05) is 5.56 Å². The minimum absolute atomic E-state index is 0.0836. The summed E-state index contributed by atoms with van der Waals surface area (Å²) < 4.78 is 46.5. The number of carbonyl (C=O) groups is 2. The van der Waals surface area contributed by atoms with Crippen molar-refractivity contribution in [3.05, 3.63) is 58.4 Å². The fourth-order valence-electron chi connectivity index (χ4n) is 3.11. The molecule has 0 saturated carbocycles. The van der Waals surface area contributed by atoms with E-state index in [2.05, 4.69) is 4.99 Å². The quantitative estimate of drug-likeness (QED) is 0.577. The average molecular weight is 452 g/mol. The van der Waals surface area contributed by atoms with Gasteiger partial charge >= 0.3 is 12.1 Å². The Balaban J connectivity index is 2.18. The first kappa shape index (κ1) is 22.5. The van der Waals surface area contributed by atoms with Crippen LogP contribution in [0.15, 0.2) is 47.5 Å². The number of thiazole rings is 1. The molecule has 1 aromatic heterocycles. The molecule has 0 fully saturated rings. The normalized spacial score (nSPS) is 13.4. The van der Waals surface area contributed by atoms with Crippen LogP contribution in [0, 0.1) is 0 Å². The lowest BCUT2D eigenvalue weighted by Gasteiger charge is -2.13. The van der Waals surface area contributed by atoms with E-state index in [0.29, 0.717) is 22.6 Å². The van der Waals surface area contributed by atoms with Crippen LogP contribution in [0.3, 0.4) is 0 Å². The number of halogens is 3. The minimum Gasteiger partial charge on any atom is -0.494 e. The number of carbonyl (C=O) groups excluding carboxylic acids is 1. The molecule has 3 aromatic rings. The summed E-state index contributed by atoms with van der Waals surface area (Å²) in [5, 5.41) is 9.65. The number of fused-ring (bicyclic) bond motifs is 1. The van der Waals surface area contributed by atoms with Crippen LogP contribution >= 0.6 is 11.3 Å². The van der Waals surface area contributed by atoms with Crippen LogP contribution in [-0.2, 0) is 11.0 Å². The number of nitrogens with zero attached hydrogens (tertiary/aromatic N) is 2. The summed E-state index contributed by atoms with van der Waals surface area (Å²) in [6.45, 7) is 3.95. The smallest absolute Gasteiger partial charge is 0.416 e. The molecular formula is C21H19F3N2O4S. The van der Waals surface area contributed by atoms with Crippen LogP contribution in [0.4, 0.5) is 13.2 Å². The predicted octanol–water partition coefficient (Wildman–Crippen LogP) is 4.90. The Morgan fingerprint density at radius 3 is 2.55 bits per heavy atom. The van der Waals surface area contributed by atoms with Gasteiger partial charge in [0.15, 0.2) is 4.80 Å². The van der Waals surface area contributed by atoms with Crippen LogP contribution in [0.5, 0.6) is 5.75 Å². The van der Waals surface area contributed by atoms with Crippen molar-refractivity contribution in [3.63, 3.8) is 0 Å². The molecule has 0 saturated heterocycles. The molecule has 6 nitrogen and oxygen atoms in total. The number of aromatic nitrogens is 1. The fourth-order valence-corrected chi connectivity index (χ4v) is 4.20. The van der Waals surface area contributed by atoms with E-state index in [1.54, 1.807) is 25.1 Å². The molecular weight excluding hydrogens is 433 g/mol. The number of benzene rings is 2. The standard InChI is InChI=1S/C21H19F3N2O4S/c1-3-15(19(28)29)26-16-9-8-14(30-4-2)11-17(16)31-20(26)25-18(27)12-6-5-7-13(10-12)21(22,23)24/h5-11,15H,3-4H2,1-2H3,(H,28,29)/b25-20-. The van der Waals surface area contributed by atoms with Crippen molar-refractivity contribution in [3.8, 4) is 5.75 Å². The molecule has 1 unspecified atom stereocenters. The zero-order chi connectivity index (χ0) is 22.8. The number of hydrogen-bond acceptors (Lipinski definition) is 4. The van der Waals surface area contributed by atoms with E-state index in [-0.39, 0.29) is 16.8 Å². The van der Waals surface area contributed by atoms with Gasteiger partial charge < -0.3 is 14.4 Å². The zero-order valence-electron chi connectivity index (χ0n) is 16.6. The first-order chi connectivity index (χ1) is 14.7. The fraction of sp³-hybridized carbons (Fsp3) is 0.286. The third-order valence-corrected chi connectivity index (χ3v) is 5.54. The summed E-state index contributed by atoms with van der Waals surface area (Å²) >= 11 is 1.07. The summed E-state index contributed by atoms with van der Waals surface area (Å²) in [7, 11) is 0. The van der Waals surface area contributed by atoms with E-state index in [1.807, 2.05) is 6.92 Å². The second-order valence-electron chi connectivity index (χ2n) is 6.57. The Labute approximate surface area is 179 Å². The molecule has 0 radical (unpaired) electrons. The third kappa shape index (κ3) is 4.79. The van der Waals surface area contributed by atoms with E-state index in [9.17, 15) is 27.9 Å². The van der Waals surface area contributed by atoms with E-state index >= 15 is 0 Å². The highest BCUT2D eigenvalue weighted by molar-refractivity contribution is 7.16. The van der Waals surface area contributed by atoms with Crippen LogP contribution in [-0.4, -0.2) is 28.2 Å². The van der Waals surface area contributed by atoms with Gasteiger partial charge in [0.25, 0.3) is 5.91 Å². The lowest BCUT2D eigenvalue weighted by atomic mass is 10.1. The van der Waals surface area contributed by atoms with Crippen molar-refractivity contribution in [2.75, 3.05) is 6.61 Å². The molecule has 1 N–H and O–H groups in total. The Morgan fingerprint density at radius 1 is 1.19 bits per heavy atom. The van der Waals surface area contributed by atoms with Gasteiger partial charge in [-0.2, -0.15) is 18.2 Å². The highest BCUT2D eigenvalue weighted by Crippen LogP contribution is 2.30. The topological polar surface area (TPSA) is 80.9 Å². The van der Waals surface area contributed by atoms with Crippen molar-refractivity contribution in [1.29, 1.82) is 0 Å². The number of alkyl halides is 3. The number of aliphatic carboxylic acids is 1. The van der Waals surface area contributed by atoms with Gasteiger partial charge in [-0.25, -0.2) is 4.79 Å². The number of hydrogen-bond donors (Lipinski definition) is 1. The molecule has 31 heavy (non-hydrogen) atoms. The van der Waals surface area contributed by atoms with E-state index in [1.165, 1.54) is 10.6 Å². The number of amides is 1. The Morgan fingerprint density at radius 2 is 1.94 bits per heavy atom. The van der Waals surface area contributed by atoms with Crippen molar-refractivity contribution in [2.24, 2.45) is 4.99 Å². The Kier molecular flexibility index (Phi) is 6.49. The van der Waals surface area contributed by atoms with Gasteiger partial charge in [-0.15, -0.1) is 0 Å².